The topological polar surface area (TPSA) is 84.7 Å². The minimum Gasteiger partial charge on any atom is -0.370 e. The summed E-state index contributed by atoms with van der Waals surface area (Å²) in [5.74, 6) is -0.193. The Morgan fingerprint density at radius 1 is 1.07 bits per heavy atom. The minimum atomic E-state index is -3.08. The van der Waals surface area contributed by atoms with Gasteiger partial charge in [0.25, 0.3) is 0 Å². The number of halogens is 2. The fraction of sp³-hybridized carbons (Fsp3) is 0.714. The van der Waals surface area contributed by atoms with Crippen molar-refractivity contribution in [1.29, 1.82) is 0 Å². The van der Waals surface area contributed by atoms with E-state index < -0.39 is 33.8 Å². The van der Waals surface area contributed by atoms with Crippen LogP contribution in [0.2, 0.25) is 0 Å². The van der Waals surface area contributed by atoms with Crippen LogP contribution >= 0.6 is 0 Å². The molecule has 9 heteroatoms. The minimum absolute atomic E-state index is 0.0583. The number of benzene rings is 1. The lowest BCUT2D eigenvalue weighted by molar-refractivity contribution is -0.0224. The van der Waals surface area contributed by atoms with Crippen molar-refractivity contribution >= 4 is 10.0 Å². The lowest BCUT2D eigenvalue weighted by Gasteiger charge is -2.36. The lowest BCUT2D eigenvalue weighted by atomic mass is 9.93. The molecule has 2 aliphatic carbocycles. The van der Waals surface area contributed by atoms with Crippen LogP contribution in [0.25, 0.3) is 0 Å². The highest BCUT2D eigenvalue weighted by Gasteiger charge is 2.49. The van der Waals surface area contributed by atoms with Gasteiger partial charge < -0.3 is 15.8 Å². The van der Waals surface area contributed by atoms with Crippen LogP contribution in [0.5, 0.6) is 0 Å². The van der Waals surface area contributed by atoms with Gasteiger partial charge in [0.2, 0.25) is 10.0 Å². The SMILES string of the molecule is NC1CC(NC2CC3CN(S(=O)(=O)C4CC4)CC3C2)COC1c1cc(F)ccc1F. The van der Waals surface area contributed by atoms with Gasteiger partial charge in [-0.25, -0.2) is 21.5 Å². The van der Waals surface area contributed by atoms with Gasteiger partial charge in [0.05, 0.1) is 11.9 Å². The summed E-state index contributed by atoms with van der Waals surface area (Å²) < 4.78 is 60.1. The zero-order chi connectivity index (χ0) is 21.0. The molecule has 30 heavy (non-hydrogen) atoms. The Kier molecular flexibility index (Phi) is 5.38. The number of hydrogen-bond acceptors (Lipinski definition) is 5. The van der Waals surface area contributed by atoms with Crippen LogP contribution in [0.3, 0.4) is 0 Å². The average Bonchev–Trinajstić information content (AvgIpc) is 3.38. The maximum Gasteiger partial charge on any atom is 0.216 e. The van der Waals surface area contributed by atoms with Crippen molar-refractivity contribution in [2.75, 3.05) is 19.7 Å². The molecule has 2 saturated heterocycles. The van der Waals surface area contributed by atoms with Crippen molar-refractivity contribution in [3.63, 3.8) is 0 Å². The van der Waals surface area contributed by atoms with E-state index >= 15 is 0 Å². The molecule has 0 radical (unpaired) electrons. The molecule has 0 amide bonds. The second-order valence-corrected chi connectivity index (χ2v) is 11.6. The first-order valence-electron chi connectivity index (χ1n) is 10.9. The van der Waals surface area contributed by atoms with E-state index in [-0.39, 0.29) is 16.9 Å². The summed E-state index contributed by atoms with van der Waals surface area (Å²) in [6.45, 7) is 1.68. The predicted octanol–water partition coefficient (Wildman–Crippen LogP) is 1.91. The molecule has 0 bridgehead atoms. The molecule has 4 aliphatic rings. The van der Waals surface area contributed by atoms with E-state index in [4.69, 9.17) is 10.5 Å². The molecule has 4 fully saturated rings. The van der Waals surface area contributed by atoms with Crippen LogP contribution in [0.1, 0.15) is 43.8 Å². The van der Waals surface area contributed by atoms with Gasteiger partial charge in [0, 0.05) is 36.8 Å². The smallest absolute Gasteiger partial charge is 0.216 e. The van der Waals surface area contributed by atoms with Crippen LogP contribution < -0.4 is 11.1 Å². The Labute approximate surface area is 176 Å². The van der Waals surface area contributed by atoms with Crippen LogP contribution in [0.15, 0.2) is 18.2 Å². The van der Waals surface area contributed by atoms with Crippen LogP contribution in [0, 0.1) is 23.5 Å². The summed E-state index contributed by atoms with van der Waals surface area (Å²) in [6, 6.07) is 3.30. The number of nitrogens with two attached hydrogens (primary N) is 1. The second kappa shape index (κ2) is 7.78. The number of sulfonamides is 1. The standard InChI is InChI=1S/C21H29F2N3O3S/c22-14-1-4-19(23)18(7-14)21-20(24)8-16(11-29-21)25-15-5-12-9-26(10-13(12)6-15)30(27,28)17-2-3-17/h1,4,7,12-13,15-17,20-21,25H,2-3,5-6,8-11,24H2. The molecular formula is C21H29F2N3O3S. The fourth-order valence-corrected chi connectivity index (χ4v) is 7.50. The van der Waals surface area contributed by atoms with E-state index in [1.165, 1.54) is 0 Å². The van der Waals surface area contributed by atoms with E-state index in [0.29, 0.717) is 44.0 Å². The lowest BCUT2D eigenvalue weighted by Crippen LogP contribution is -2.50. The molecule has 0 aromatic heterocycles. The van der Waals surface area contributed by atoms with E-state index in [1.807, 2.05) is 0 Å². The third-order valence-corrected chi connectivity index (χ3v) is 9.51. The van der Waals surface area contributed by atoms with Crippen molar-refractivity contribution in [2.45, 2.75) is 61.6 Å². The molecule has 166 valence electrons. The highest BCUT2D eigenvalue weighted by molar-refractivity contribution is 7.90. The Bertz CT molecular complexity index is 897. The van der Waals surface area contributed by atoms with Crippen molar-refractivity contribution < 1.29 is 21.9 Å². The summed E-state index contributed by atoms with van der Waals surface area (Å²) in [7, 11) is -3.08. The maximum atomic E-state index is 14.1. The molecule has 2 aliphatic heterocycles. The Morgan fingerprint density at radius 2 is 1.77 bits per heavy atom. The van der Waals surface area contributed by atoms with Gasteiger partial charge in [-0.1, -0.05) is 0 Å². The first-order chi connectivity index (χ1) is 14.3. The number of rotatable bonds is 5. The first kappa shape index (κ1) is 20.8. The van der Waals surface area contributed by atoms with Crippen LogP contribution in [-0.2, 0) is 14.8 Å². The summed E-state index contributed by atoms with van der Waals surface area (Å²) in [4.78, 5) is 0. The van der Waals surface area contributed by atoms with Gasteiger partial charge in [0.15, 0.2) is 0 Å². The van der Waals surface area contributed by atoms with Crippen LogP contribution in [0.4, 0.5) is 8.78 Å². The maximum absolute atomic E-state index is 14.1. The molecular weight excluding hydrogens is 412 g/mol. The van der Waals surface area contributed by atoms with E-state index in [9.17, 15) is 17.2 Å². The normalized spacial score (nSPS) is 37.4. The number of hydrogen-bond donors (Lipinski definition) is 2. The second-order valence-electron chi connectivity index (χ2n) is 9.43. The van der Waals surface area contributed by atoms with Gasteiger partial charge in [-0.2, -0.15) is 0 Å². The van der Waals surface area contributed by atoms with Crippen molar-refractivity contribution in [2.24, 2.45) is 17.6 Å². The third kappa shape index (κ3) is 3.90. The predicted molar refractivity (Wildman–Crippen MR) is 108 cm³/mol. The van der Waals surface area contributed by atoms with E-state index in [2.05, 4.69) is 5.32 Å². The molecule has 1 aromatic rings. The van der Waals surface area contributed by atoms with Gasteiger partial charge in [0.1, 0.15) is 17.7 Å². The monoisotopic (exact) mass is 441 g/mol. The average molecular weight is 442 g/mol. The Balaban J connectivity index is 1.14. The number of ether oxygens (including phenoxy) is 1. The third-order valence-electron chi connectivity index (χ3n) is 7.18. The molecule has 5 atom stereocenters. The van der Waals surface area contributed by atoms with Crippen molar-refractivity contribution in [3.05, 3.63) is 35.4 Å². The van der Waals surface area contributed by atoms with Gasteiger partial charge >= 0.3 is 0 Å². The number of nitrogens with zero attached hydrogens (tertiary/aromatic N) is 1. The molecule has 3 N–H and O–H groups in total. The summed E-state index contributed by atoms with van der Waals surface area (Å²) >= 11 is 0. The van der Waals surface area contributed by atoms with E-state index in [1.54, 1.807) is 4.31 Å². The number of nitrogens with one attached hydrogen (secondary N) is 1. The van der Waals surface area contributed by atoms with Crippen molar-refractivity contribution in [3.8, 4) is 0 Å². The first-order valence-corrected chi connectivity index (χ1v) is 12.4. The molecule has 2 heterocycles. The molecule has 0 spiro atoms. The van der Waals surface area contributed by atoms with Gasteiger partial charge in [-0.3, -0.25) is 0 Å². The van der Waals surface area contributed by atoms with E-state index in [0.717, 1.165) is 43.9 Å². The fourth-order valence-electron chi connectivity index (χ4n) is 5.54. The van der Waals surface area contributed by atoms with Gasteiger partial charge in [-0.15, -0.1) is 0 Å². The Morgan fingerprint density at radius 3 is 2.40 bits per heavy atom. The highest BCUT2D eigenvalue weighted by Crippen LogP contribution is 2.42. The zero-order valence-corrected chi connectivity index (χ0v) is 17.7. The molecule has 5 rings (SSSR count). The summed E-state index contributed by atoms with van der Waals surface area (Å²) in [5.41, 5.74) is 6.43. The summed E-state index contributed by atoms with van der Waals surface area (Å²) in [5, 5.41) is 3.49. The van der Waals surface area contributed by atoms with Crippen LogP contribution in [-0.4, -0.2) is 55.8 Å². The quantitative estimate of drug-likeness (QED) is 0.729. The number of fused-ring (bicyclic) bond motifs is 1. The molecule has 5 unspecified atom stereocenters. The highest BCUT2D eigenvalue weighted by atomic mass is 32.2. The zero-order valence-electron chi connectivity index (χ0n) is 16.8. The molecule has 6 nitrogen and oxygen atoms in total. The largest absolute Gasteiger partial charge is 0.370 e. The van der Waals surface area contributed by atoms with Crippen molar-refractivity contribution in [1.82, 2.24) is 9.62 Å². The molecule has 2 saturated carbocycles. The Hall–Kier alpha value is -1.13. The molecule has 1 aromatic carbocycles. The summed E-state index contributed by atoms with van der Waals surface area (Å²) in [6.07, 6.45) is 3.49. The van der Waals surface area contributed by atoms with Gasteiger partial charge in [-0.05, 0) is 62.1 Å².